The SMILES string of the molecule is O=C(NOC[C@@H]1C[C@H](N2CCCC2)CN1)C1CCC2CN1C(=O)N2OS(=O)(=O)O. The zero-order valence-corrected chi connectivity index (χ0v) is 16.8. The third kappa shape index (κ3) is 4.64. The van der Waals surface area contributed by atoms with Gasteiger partial charge >= 0.3 is 16.4 Å². The molecule has 4 saturated heterocycles. The van der Waals surface area contributed by atoms with Crippen LogP contribution in [0.25, 0.3) is 0 Å². The number of urea groups is 1. The van der Waals surface area contributed by atoms with E-state index in [4.69, 9.17) is 9.39 Å². The molecule has 3 N–H and O–H groups in total. The van der Waals surface area contributed by atoms with Crippen molar-refractivity contribution >= 4 is 22.3 Å². The minimum absolute atomic E-state index is 0.147. The third-order valence-electron chi connectivity index (χ3n) is 6.11. The van der Waals surface area contributed by atoms with Crippen molar-refractivity contribution < 1.29 is 31.7 Å². The quantitative estimate of drug-likeness (QED) is 0.336. The van der Waals surface area contributed by atoms with Crippen molar-refractivity contribution in [1.82, 2.24) is 25.7 Å². The lowest BCUT2D eigenvalue weighted by molar-refractivity contribution is -0.139. The Morgan fingerprint density at radius 1 is 1.24 bits per heavy atom. The average molecular weight is 433 g/mol. The molecular weight excluding hydrogens is 406 g/mol. The van der Waals surface area contributed by atoms with Crippen LogP contribution in [0.4, 0.5) is 4.79 Å². The highest BCUT2D eigenvalue weighted by atomic mass is 32.3. The van der Waals surface area contributed by atoms with Gasteiger partial charge in [-0.2, -0.15) is 13.5 Å². The predicted octanol–water partition coefficient (Wildman–Crippen LogP) is -1.14. The van der Waals surface area contributed by atoms with Crippen LogP contribution in [0.5, 0.6) is 0 Å². The summed E-state index contributed by atoms with van der Waals surface area (Å²) in [5, 5.41) is 4.03. The van der Waals surface area contributed by atoms with Crippen molar-refractivity contribution in [3.05, 3.63) is 0 Å². The predicted molar refractivity (Wildman–Crippen MR) is 98.5 cm³/mol. The number of amides is 3. The van der Waals surface area contributed by atoms with Gasteiger partial charge in [0.25, 0.3) is 5.91 Å². The van der Waals surface area contributed by atoms with Crippen molar-refractivity contribution in [2.75, 3.05) is 32.8 Å². The van der Waals surface area contributed by atoms with Crippen LogP contribution < -0.4 is 10.8 Å². The Bertz CT molecular complexity index is 744. The Kier molecular flexibility index (Phi) is 5.95. The standard InChI is InChI=1S/C16H27N5O7S/c22-15(18-27-10-11-7-13(8-17-11)19-5-1-2-6-19)14-4-3-12-9-20(14)16(23)21(12)28-29(24,25)26/h11-14,17H,1-10H2,(H,18,22)(H,24,25,26)/t11-,12?,13-,14?/m0/s1. The minimum Gasteiger partial charge on any atom is -0.310 e. The minimum atomic E-state index is -4.81. The molecule has 2 unspecified atom stereocenters. The molecule has 4 aliphatic rings. The topological polar surface area (TPSA) is 141 Å². The van der Waals surface area contributed by atoms with Gasteiger partial charge in [0.1, 0.15) is 6.04 Å². The molecule has 164 valence electrons. The molecule has 4 atom stereocenters. The van der Waals surface area contributed by atoms with Crippen LogP contribution in [0.1, 0.15) is 32.1 Å². The first-order valence-electron chi connectivity index (χ1n) is 9.98. The van der Waals surface area contributed by atoms with Gasteiger partial charge in [0.15, 0.2) is 0 Å². The Morgan fingerprint density at radius 3 is 2.72 bits per heavy atom. The smallest absolute Gasteiger partial charge is 0.310 e. The summed E-state index contributed by atoms with van der Waals surface area (Å²) in [7, 11) is -4.81. The molecule has 29 heavy (non-hydrogen) atoms. The summed E-state index contributed by atoms with van der Waals surface area (Å²) < 4.78 is 35.0. The summed E-state index contributed by atoms with van der Waals surface area (Å²) in [6.07, 6.45) is 4.18. The van der Waals surface area contributed by atoms with Crippen LogP contribution in [0.15, 0.2) is 0 Å². The second-order valence-electron chi connectivity index (χ2n) is 8.03. The normalized spacial score (nSPS) is 32.9. The van der Waals surface area contributed by atoms with E-state index in [-0.39, 0.29) is 12.6 Å². The molecule has 4 rings (SSSR count). The summed E-state index contributed by atoms with van der Waals surface area (Å²) in [6.45, 7) is 3.67. The van der Waals surface area contributed by atoms with Crippen LogP contribution in [0.3, 0.4) is 0 Å². The lowest BCUT2D eigenvalue weighted by Crippen LogP contribution is -2.50. The van der Waals surface area contributed by atoms with E-state index in [9.17, 15) is 18.0 Å². The monoisotopic (exact) mass is 433 g/mol. The van der Waals surface area contributed by atoms with Gasteiger partial charge < -0.3 is 10.2 Å². The number of hydroxylamine groups is 3. The number of rotatable bonds is 7. The fraction of sp³-hybridized carbons (Fsp3) is 0.875. The van der Waals surface area contributed by atoms with E-state index in [0.717, 1.165) is 26.1 Å². The Labute approximate surface area is 169 Å². The van der Waals surface area contributed by atoms with E-state index >= 15 is 0 Å². The zero-order chi connectivity index (χ0) is 20.6. The molecule has 0 spiro atoms. The molecule has 4 aliphatic heterocycles. The zero-order valence-electron chi connectivity index (χ0n) is 16.0. The number of fused-ring (bicyclic) bond motifs is 2. The van der Waals surface area contributed by atoms with E-state index in [1.807, 2.05) is 0 Å². The maximum Gasteiger partial charge on any atom is 0.418 e. The van der Waals surface area contributed by atoms with Crippen LogP contribution >= 0.6 is 0 Å². The molecule has 13 heteroatoms. The number of hydrogen-bond donors (Lipinski definition) is 3. The number of hydrogen-bond acceptors (Lipinski definition) is 8. The van der Waals surface area contributed by atoms with Crippen molar-refractivity contribution in [2.24, 2.45) is 0 Å². The van der Waals surface area contributed by atoms with Gasteiger partial charge in [-0.3, -0.25) is 19.1 Å². The first-order chi connectivity index (χ1) is 13.8. The number of piperidine rings is 1. The van der Waals surface area contributed by atoms with Crippen LogP contribution in [-0.4, -0.2) is 96.7 Å². The van der Waals surface area contributed by atoms with E-state index in [1.165, 1.54) is 17.7 Å². The number of carbonyl (C=O) groups excluding carboxylic acids is 2. The summed E-state index contributed by atoms with van der Waals surface area (Å²) in [4.78, 5) is 33.9. The second kappa shape index (κ2) is 8.32. The van der Waals surface area contributed by atoms with Crippen molar-refractivity contribution in [3.8, 4) is 0 Å². The Hall–Kier alpha value is -1.51. The summed E-state index contributed by atoms with van der Waals surface area (Å²) in [5.41, 5.74) is 2.42. The molecule has 0 aromatic rings. The Balaban J connectivity index is 1.23. The number of likely N-dealkylation sites (tertiary alicyclic amines) is 1. The van der Waals surface area contributed by atoms with Crippen molar-refractivity contribution in [3.63, 3.8) is 0 Å². The van der Waals surface area contributed by atoms with Gasteiger partial charge in [-0.1, -0.05) is 0 Å². The highest BCUT2D eigenvalue weighted by Crippen LogP contribution is 2.30. The van der Waals surface area contributed by atoms with Crippen LogP contribution in [0.2, 0.25) is 0 Å². The van der Waals surface area contributed by atoms with Gasteiger partial charge in [0.05, 0.1) is 12.6 Å². The summed E-state index contributed by atoms with van der Waals surface area (Å²) in [6, 6.07) is -1.41. The highest BCUT2D eigenvalue weighted by molar-refractivity contribution is 7.80. The molecule has 0 radical (unpaired) electrons. The third-order valence-corrected chi connectivity index (χ3v) is 6.46. The molecule has 12 nitrogen and oxygen atoms in total. The van der Waals surface area contributed by atoms with Gasteiger partial charge in [-0.05, 0) is 45.2 Å². The first-order valence-corrected chi connectivity index (χ1v) is 11.3. The molecule has 2 bridgehead atoms. The van der Waals surface area contributed by atoms with Gasteiger partial charge in [0.2, 0.25) is 0 Å². The second-order valence-corrected chi connectivity index (χ2v) is 9.03. The lowest BCUT2D eigenvalue weighted by atomic mass is 10.0. The van der Waals surface area contributed by atoms with Gasteiger partial charge in [-0.15, -0.1) is 4.28 Å². The molecule has 0 saturated carbocycles. The molecule has 0 aliphatic carbocycles. The molecule has 0 aromatic heterocycles. The lowest BCUT2D eigenvalue weighted by Gasteiger charge is -2.29. The van der Waals surface area contributed by atoms with Crippen molar-refractivity contribution in [1.29, 1.82) is 0 Å². The van der Waals surface area contributed by atoms with Gasteiger partial charge in [-0.25, -0.2) is 10.3 Å². The summed E-state index contributed by atoms with van der Waals surface area (Å²) >= 11 is 0. The molecule has 0 aromatic carbocycles. The Morgan fingerprint density at radius 2 is 2.00 bits per heavy atom. The first kappa shape index (κ1) is 20.8. The van der Waals surface area contributed by atoms with E-state index in [1.54, 1.807) is 0 Å². The van der Waals surface area contributed by atoms with E-state index < -0.39 is 34.4 Å². The van der Waals surface area contributed by atoms with Gasteiger partial charge in [0, 0.05) is 25.2 Å². The average Bonchev–Trinajstić information content (AvgIpc) is 3.39. The molecular formula is C16H27N5O7S. The van der Waals surface area contributed by atoms with Crippen LogP contribution in [-0.2, 0) is 24.3 Å². The number of nitrogens with one attached hydrogen (secondary N) is 2. The highest BCUT2D eigenvalue weighted by Gasteiger charge is 2.49. The van der Waals surface area contributed by atoms with E-state index in [0.29, 0.717) is 30.6 Å². The maximum atomic E-state index is 12.5. The van der Waals surface area contributed by atoms with Crippen LogP contribution in [0, 0.1) is 0 Å². The molecule has 3 amide bonds. The molecule has 4 fully saturated rings. The van der Waals surface area contributed by atoms with Crippen molar-refractivity contribution in [2.45, 2.75) is 56.3 Å². The number of carbonyl (C=O) groups is 2. The molecule has 4 heterocycles. The largest absolute Gasteiger partial charge is 0.418 e. The fourth-order valence-electron chi connectivity index (χ4n) is 4.70. The van der Waals surface area contributed by atoms with E-state index in [2.05, 4.69) is 20.0 Å². The summed E-state index contributed by atoms with van der Waals surface area (Å²) in [5.74, 6) is -0.459. The maximum absolute atomic E-state index is 12.5. The number of nitrogens with zero attached hydrogens (tertiary/aromatic N) is 3. The fourth-order valence-corrected chi connectivity index (χ4v) is 5.08.